The molecule has 2 heterocycles. The van der Waals surface area contributed by atoms with Crippen molar-refractivity contribution in [3.63, 3.8) is 0 Å². The molecule has 9 nitrogen and oxygen atoms in total. The number of ether oxygens (including phenoxy) is 2. The van der Waals surface area contributed by atoms with Crippen molar-refractivity contribution in [1.29, 1.82) is 0 Å². The van der Waals surface area contributed by atoms with Gasteiger partial charge in [0.2, 0.25) is 0 Å². The van der Waals surface area contributed by atoms with E-state index >= 15 is 0 Å². The molecule has 2 aromatic heterocycles. The van der Waals surface area contributed by atoms with E-state index < -0.39 is 18.1 Å². The van der Waals surface area contributed by atoms with E-state index in [1.54, 1.807) is 42.7 Å². The van der Waals surface area contributed by atoms with Crippen molar-refractivity contribution in [2.24, 2.45) is 11.3 Å². The van der Waals surface area contributed by atoms with Gasteiger partial charge in [-0.15, -0.1) is 0 Å². The lowest BCUT2D eigenvalue weighted by atomic mass is 9.71. The van der Waals surface area contributed by atoms with Crippen LogP contribution in [0.3, 0.4) is 0 Å². The Hall–Kier alpha value is -4.21. The number of aliphatic hydroxyl groups is 2. The molecule has 0 radical (unpaired) electrons. The van der Waals surface area contributed by atoms with E-state index in [2.05, 4.69) is 9.97 Å². The molecule has 9 heteroatoms. The number of phenols is 2. The third-order valence-electron chi connectivity index (χ3n) is 7.73. The summed E-state index contributed by atoms with van der Waals surface area (Å²) in [6, 6.07) is 13.7. The number of ketones is 1. The number of hydrogen-bond acceptors (Lipinski definition) is 7. The number of phenolic OH excluding ortho intramolecular Hbond substituents is 2. The van der Waals surface area contributed by atoms with E-state index in [9.17, 15) is 25.2 Å². The van der Waals surface area contributed by atoms with Crippen molar-refractivity contribution in [3.05, 3.63) is 95.6 Å². The number of benzene rings is 2. The average molecular weight is 563 g/mol. The first kappa shape index (κ1) is 29.8. The first-order chi connectivity index (χ1) is 19.8. The molecule has 0 aliphatic carbocycles. The standard InChI is InChI=1S/C32H38N2O7/c1-40-29-13-21(3-5-26(29)36)11-25(12-23-7-9-33-18-23)28(38)15-31(39)32(20-35,17-24-8-10-34-19-24)16-22-4-6-27(37)30(14-22)41-2/h3-10,13-14,18-19,25,28,33-38H,11-12,15-17,20H2,1-2H3. The molecule has 0 bridgehead atoms. The van der Waals surface area contributed by atoms with Crippen LogP contribution in [0.4, 0.5) is 0 Å². The van der Waals surface area contributed by atoms with Crippen molar-refractivity contribution in [3.8, 4) is 23.0 Å². The predicted molar refractivity (Wildman–Crippen MR) is 154 cm³/mol. The van der Waals surface area contributed by atoms with Gasteiger partial charge in [0.05, 0.1) is 32.3 Å². The molecule has 218 valence electrons. The van der Waals surface area contributed by atoms with Gasteiger partial charge in [0.15, 0.2) is 23.0 Å². The van der Waals surface area contributed by atoms with Gasteiger partial charge in [-0.25, -0.2) is 0 Å². The largest absolute Gasteiger partial charge is 0.504 e. The number of methoxy groups -OCH3 is 2. The van der Waals surface area contributed by atoms with Crippen LogP contribution in [0.25, 0.3) is 0 Å². The lowest BCUT2D eigenvalue weighted by Gasteiger charge is -2.33. The second kappa shape index (κ2) is 13.4. The Labute approximate surface area is 239 Å². The fourth-order valence-corrected chi connectivity index (χ4v) is 5.40. The molecule has 0 fully saturated rings. The Morgan fingerprint density at radius 3 is 1.90 bits per heavy atom. The first-order valence-electron chi connectivity index (χ1n) is 13.5. The summed E-state index contributed by atoms with van der Waals surface area (Å²) in [6.07, 6.45) is 7.46. The highest BCUT2D eigenvalue weighted by molar-refractivity contribution is 5.86. The number of rotatable bonds is 15. The molecule has 6 N–H and O–H groups in total. The normalized spacial score (nSPS) is 14.2. The highest BCUT2D eigenvalue weighted by atomic mass is 16.5. The monoisotopic (exact) mass is 562 g/mol. The van der Waals surface area contributed by atoms with Gasteiger partial charge in [-0.2, -0.15) is 0 Å². The van der Waals surface area contributed by atoms with E-state index in [0.717, 1.165) is 16.7 Å². The van der Waals surface area contributed by atoms with Gasteiger partial charge in [0.1, 0.15) is 5.78 Å². The number of nitrogens with one attached hydrogen (secondary N) is 2. The van der Waals surface area contributed by atoms with Gasteiger partial charge < -0.3 is 39.9 Å². The second-order valence-electron chi connectivity index (χ2n) is 10.6. The minimum Gasteiger partial charge on any atom is -0.504 e. The van der Waals surface area contributed by atoms with Crippen LogP contribution in [0.5, 0.6) is 23.0 Å². The molecule has 0 amide bonds. The number of Topliss-reactive ketones (excluding diaryl/α,β-unsaturated/α-hetero) is 1. The Morgan fingerprint density at radius 2 is 1.34 bits per heavy atom. The van der Waals surface area contributed by atoms with Crippen LogP contribution in [-0.2, 0) is 30.5 Å². The molecular weight excluding hydrogens is 524 g/mol. The van der Waals surface area contributed by atoms with Crippen LogP contribution in [0, 0.1) is 11.3 Å². The number of aromatic hydroxyl groups is 2. The molecular formula is C32H38N2O7. The van der Waals surface area contributed by atoms with Gasteiger partial charge in [-0.05, 0) is 90.3 Å². The highest BCUT2D eigenvalue weighted by Crippen LogP contribution is 2.35. The maximum absolute atomic E-state index is 14.1. The van der Waals surface area contributed by atoms with E-state index in [1.807, 2.05) is 24.5 Å². The summed E-state index contributed by atoms with van der Waals surface area (Å²) in [6.45, 7) is -0.426. The number of aromatic amines is 2. The maximum Gasteiger partial charge on any atom is 0.160 e. The Bertz CT molecular complexity index is 1400. The predicted octanol–water partition coefficient (Wildman–Crippen LogP) is 3.96. The smallest absolute Gasteiger partial charge is 0.160 e. The number of aromatic nitrogens is 2. The number of carbonyl (C=O) groups is 1. The zero-order valence-electron chi connectivity index (χ0n) is 23.3. The molecule has 41 heavy (non-hydrogen) atoms. The molecule has 4 rings (SSSR count). The lowest BCUT2D eigenvalue weighted by molar-refractivity contribution is -0.134. The Kier molecular flexibility index (Phi) is 9.75. The molecule has 0 saturated heterocycles. The average Bonchev–Trinajstić information content (AvgIpc) is 3.68. The zero-order chi connectivity index (χ0) is 29.4. The summed E-state index contributed by atoms with van der Waals surface area (Å²) in [7, 11) is 2.93. The first-order valence-corrected chi connectivity index (χ1v) is 13.5. The minimum absolute atomic E-state index is 0.0170. The van der Waals surface area contributed by atoms with Gasteiger partial charge in [0, 0.05) is 31.2 Å². The molecule has 4 aromatic rings. The van der Waals surface area contributed by atoms with Gasteiger partial charge in [0.25, 0.3) is 0 Å². The van der Waals surface area contributed by atoms with E-state index in [-0.39, 0.29) is 48.2 Å². The molecule has 0 spiro atoms. The van der Waals surface area contributed by atoms with Gasteiger partial charge in [-0.3, -0.25) is 4.79 Å². The number of aliphatic hydroxyl groups excluding tert-OH is 2. The fourth-order valence-electron chi connectivity index (χ4n) is 5.40. The lowest BCUT2D eigenvalue weighted by Crippen LogP contribution is -2.42. The molecule has 2 aromatic carbocycles. The van der Waals surface area contributed by atoms with Crippen LogP contribution < -0.4 is 9.47 Å². The van der Waals surface area contributed by atoms with E-state index in [0.29, 0.717) is 24.2 Å². The van der Waals surface area contributed by atoms with Crippen LogP contribution in [-0.4, -0.2) is 63.1 Å². The van der Waals surface area contributed by atoms with Gasteiger partial charge >= 0.3 is 0 Å². The third-order valence-corrected chi connectivity index (χ3v) is 7.73. The molecule has 0 aliphatic heterocycles. The summed E-state index contributed by atoms with van der Waals surface area (Å²) >= 11 is 0. The fraction of sp³-hybridized carbons (Fsp3) is 0.344. The summed E-state index contributed by atoms with van der Waals surface area (Å²) < 4.78 is 10.5. The number of H-pyrrole nitrogens is 2. The quantitative estimate of drug-likeness (QED) is 0.129. The van der Waals surface area contributed by atoms with Crippen LogP contribution in [0.1, 0.15) is 28.7 Å². The topological polar surface area (TPSA) is 148 Å². The van der Waals surface area contributed by atoms with Crippen LogP contribution >= 0.6 is 0 Å². The Morgan fingerprint density at radius 1 is 0.805 bits per heavy atom. The van der Waals surface area contributed by atoms with Crippen molar-refractivity contribution in [2.45, 2.75) is 38.2 Å². The molecule has 0 saturated carbocycles. The van der Waals surface area contributed by atoms with Crippen molar-refractivity contribution in [2.75, 3.05) is 20.8 Å². The van der Waals surface area contributed by atoms with Gasteiger partial charge in [-0.1, -0.05) is 12.1 Å². The minimum atomic E-state index is -1.22. The molecule has 3 atom stereocenters. The number of carbonyl (C=O) groups excluding carboxylic acids is 1. The third kappa shape index (κ3) is 7.31. The van der Waals surface area contributed by atoms with E-state index in [1.165, 1.54) is 20.3 Å². The maximum atomic E-state index is 14.1. The van der Waals surface area contributed by atoms with Crippen LogP contribution in [0.2, 0.25) is 0 Å². The highest BCUT2D eigenvalue weighted by Gasteiger charge is 2.40. The van der Waals surface area contributed by atoms with Crippen molar-refractivity contribution in [1.82, 2.24) is 9.97 Å². The second-order valence-corrected chi connectivity index (χ2v) is 10.6. The SMILES string of the molecule is COc1cc(CC(Cc2cc[nH]c2)C(O)CC(=O)C(CO)(Cc2cc[nH]c2)Cc2ccc(O)c(OC)c2)ccc1O. The van der Waals surface area contributed by atoms with E-state index in [4.69, 9.17) is 9.47 Å². The Balaban J connectivity index is 1.62. The summed E-state index contributed by atoms with van der Waals surface area (Å²) in [5.74, 6) is 0.0293. The van der Waals surface area contributed by atoms with Crippen molar-refractivity contribution < 1.29 is 34.7 Å². The molecule has 3 unspecified atom stereocenters. The van der Waals surface area contributed by atoms with Crippen LogP contribution in [0.15, 0.2) is 73.3 Å². The molecule has 0 aliphatic rings. The summed E-state index contributed by atoms with van der Waals surface area (Å²) in [5.41, 5.74) is 2.19. The summed E-state index contributed by atoms with van der Waals surface area (Å²) in [4.78, 5) is 20.1. The number of hydrogen-bond donors (Lipinski definition) is 6. The zero-order valence-corrected chi connectivity index (χ0v) is 23.3. The van der Waals surface area contributed by atoms with Crippen molar-refractivity contribution >= 4 is 5.78 Å². The summed E-state index contributed by atoms with van der Waals surface area (Å²) in [5, 5.41) is 42.4.